The summed E-state index contributed by atoms with van der Waals surface area (Å²) in [5, 5.41) is 0.665. The predicted octanol–water partition coefficient (Wildman–Crippen LogP) is 3.95. The Morgan fingerprint density at radius 1 is 1.11 bits per heavy atom. The van der Waals surface area contributed by atoms with Crippen molar-refractivity contribution in [3.05, 3.63) is 63.6 Å². The number of amides is 1. The summed E-state index contributed by atoms with van der Waals surface area (Å²) in [7, 11) is -2.85. The summed E-state index contributed by atoms with van der Waals surface area (Å²) in [6.45, 7) is -0.475. The van der Waals surface area contributed by atoms with Crippen molar-refractivity contribution in [3.8, 4) is 0 Å². The molecule has 0 aliphatic carbocycles. The highest BCUT2D eigenvalue weighted by atomic mass is 35.5. The second-order valence-electron chi connectivity index (χ2n) is 5.85. The maximum Gasteiger partial charge on any atom is 0.416 e. The van der Waals surface area contributed by atoms with Crippen LogP contribution in [0, 0.1) is 0 Å². The van der Waals surface area contributed by atoms with Gasteiger partial charge in [-0.25, -0.2) is 13.1 Å². The predicted molar refractivity (Wildman–Crippen MR) is 99.6 cm³/mol. The molecule has 2 aromatic rings. The van der Waals surface area contributed by atoms with Crippen molar-refractivity contribution in [2.45, 2.75) is 17.6 Å². The van der Waals surface area contributed by atoms with E-state index in [4.69, 9.17) is 23.2 Å². The van der Waals surface area contributed by atoms with Crippen LogP contribution in [-0.4, -0.2) is 32.8 Å². The number of hydrogen-bond acceptors (Lipinski definition) is 3. The summed E-state index contributed by atoms with van der Waals surface area (Å²) < 4.78 is 64.6. The maximum atomic E-state index is 12.7. The lowest BCUT2D eigenvalue weighted by Crippen LogP contribution is -2.37. The van der Waals surface area contributed by atoms with E-state index >= 15 is 0 Å². The molecule has 0 bridgehead atoms. The van der Waals surface area contributed by atoms with Gasteiger partial charge in [0.15, 0.2) is 0 Å². The molecule has 1 N–H and O–H groups in total. The number of carbonyl (C=O) groups excluding carboxylic acids is 1. The topological polar surface area (TPSA) is 66.5 Å². The molecule has 5 nitrogen and oxygen atoms in total. The zero-order valence-electron chi connectivity index (χ0n) is 14.4. The fourth-order valence-electron chi connectivity index (χ4n) is 2.21. The van der Waals surface area contributed by atoms with Crippen molar-refractivity contribution in [1.29, 1.82) is 0 Å². The van der Waals surface area contributed by atoms with Gasteiger partial charge < -0.3 is 4.90 Å². The molecule has 0 heterocycles. The van der Waals surface area contributed by atoms with Crippen LogP contribution in [0.4, 0.5) is 13.2 Å². The molecule has 0 saturated carbocycles. The van der Waals surface area contributed by atoms with Gasteiger partial charge in [0.25, 0.3) is 0 Å². The summed E-state index contributed by atoms with van der Waals surface area (Å²) in [4.78, 5) is 12.8. The number of halogens is 5. The average molecular weight is 455 g/mol. The Balaban J connectivity index is 2.03. The van der Waals surface area contributed by atoms with E-state index in [1.807, 2.05) is 4.72 Å². The van der Waals surface area contributed by atoms with Gasteiger partial charge in [0.2, 0.25) is 15.9 Å². The van der Waals surface area contributed by atoms with Gasteiger partial charge in [-0.05, 0) is 35.9 Å². The monoisotopic (exact) mass is 454 g/mol. The lowest BCUT2D eigenvalue weighted by Gasteiger charge is -2.18. The van der Waals surface area contributed by atoms with Crippen LogP contribution in [0.1, 0.15) is 11.1 Å². The molecule has 11 heteroatoms. The summed E-state index contributed by atoms with van der Waals surface area (Å²) in [5.74, 6) is -0.582. The second-order valence-corrected chi connectivity index (χ2v) is 8.43. The van der Waals surface area contributed by atoms with Crippen molar-refractivity contribution in [3.63, 3.8) is 0 Å². The molecule has 2 rings (SSSR count). The smallest absolute Gasteiger partial charge is 0.340 e. The average Bonchev–Trinajstić information content (AvgIpc) is 2.62. The molecule has 0 fully saturated rings. The molecule has 152 valence electrons. The van der Waals surface area contributed by atoms with Crippen LogP contribution in [0.25, 0.3) is 0 Å². The molecular weight excluding hydrogens is 440 g/mol. The van der Waals surface area contributed by atoms with E-state index in [1.54, 1.807) is 18.2 Å². The molecule has 0 saturated heterocycles. The van der Waals surface area contributed by atoms with Gasteiger partial charge in [0.05, 0.1) is 27.0 Å². The summed E-state index contributed by atoms with van der Waals surface area (Å²) in [5.41, 5.74) is -0.426. The third-order valence-corrected chi connectivity index (χ3v) is 5.85. The molecule has 2 aromatic carbocycles. The number of carbonyl (C=O) groups is 1. The maximum absolute atomic E-state index is 12.7. The Morgan fingerprint density at radius 2 is 1.79 bits per heavy atom. The van der Waals surface area contributed by atoms with Gasteiger partial charge in [-0.1, -0.05) is 35.3 Å². The Morgan fingerprint density at radius 3 is 2.39 bits per heavy atom. The van der Waals surface area contributed by atoms with Gasteiger partial charge >= 0.3 is 6.18 Å². The van der Waals surface area contributed by atoms with Gasteiger partial charge in [0.1, 0.15) is 0 Å². The van der Waals surface area contributed by atoms with Crippen LogP contribution in [-0.2, 0) is 27.5 Å². The normalized spacial score (nSPS) is 12.1. The van der Waals surface area contributed by atoms with E-state index in [1.165, 1.54) is 11.9 Å². The van der Waals surface area contributed by atoms with E-state index in [2.05, 4.69) is 0 Å². The molecule has 0 atom stereocenters. The van der Waals surface area contributed by atoms with Crippen LogP contribution in [0.2, 0.25) is 10.0 Å². The molecule has 0 aromatic heterocycles. The molecule has 0 radical (unpaired) electrons. The van der Waals surface area contributed by atoms with Crippen LogP contribution >= 0.6 is 23.2 Å². The number of sulfonamides is 1. The van der Waals surface area contributed by atoms with Crippen molar-refractivity contribution >= 4 is 39.1 Å². The molecule has 1 amide bonds. The Hall–Kier alpha value is -1.81. The minimum Gasteiger partial charge on any atom is -0.340 e. The molecule has 0 aliphatic rings. The molecule has 28 heavy (non-hydrogen) atoms. The van der Waals surface area contributed by atoms with Gasteiger partial charge in [0, 0.05) is 13.6 Å². The van der Waals surface area contributed by atoms with Gasteiger partial charge in [-0.2, -0.15) is 13.2 Å². The molecule has 0 unspecified atom stereocenters. The zero-order valence-corrected chi connectivity index (χ0v) is 16.8. The highest BCUT2D eigenvalue weighted by molar-refractivity contribution is 7.89. The second kappa shape index (κ2) is 8.69. The van der Waals surface area contributed by atoms with Crippen LogP contribution in [0.3, 0.4) is 0 Å². The van der Waals surface area contributed by atoms with E-state index in [-0.39, 0.29) is 6.54 Å². The molecule has 0 aliphatic heterocycles. The van der Waals surface area contributed by atoms with Crippen LogP contribution in [0.5, 0.6) is 0 Å². The number of alkyl halides is 3. The van der Waals surface area contributed by atoms with Crippen molar-refractivity contribution in [1.82, 2.24) is 9.62 Å². The van der Waals surface area contributed by atoms with Crippen LogP contribution in [0.15, 0.2) is 47.4 Å². The first kappa shape index (κ1) is 22.5. The highest BCUT2D eigenvalue weighted by Gasteiger charge is 2.31. The van der Waals surface area contributed by atoms with Gasteiger partial charge in [-0.3, -0.25) is 4.79 Å². The number of rotatable bonds is 6. The van der Waals surface area contributed by atoms with Gasteiger partial charge in [-0.15, -0.1) is 0 Å². The highest BCUT2D eigenvalue weighted by Crippen LogP contribution is 2.30. The lowest BCUT2D eigenvalue weighted by atomic mass is 10.2. The largest absolute Gasteiger partial charge is 0.416 e. The van der Waals surface area contributed by atoms with E-state index in [0.29, 0.717) is 21.7 Å². The first-order valence-electron chi connectivity index (χ1n) is 7.75. The van der Waals surface area contributed by atoms with E-state index < -0.39 is 39.1 Å². The minimum absolute atomic E-state index is 0.140. The fraction of sp³-hybridized carbons (Fsp3) is 0.235. The standard InChI is InChI=1S/C17H15Cl2F3N2O3S/c1-24(10-11-5-6-14(18)15(19)7-11)16(25)9-23-28(26,27)13-4-2-3-12(8-13)17(20,21)22/h2-8,23H,9-10H2,1H3. The van der Waals surface area contributed by atoms with Crippen molar-refractivity contribution < 1.29 is 26.4 Å². The third kappa shape index (κ3) is 5.84. The quantitative estimate of drug-likeness (QED) is 0.718. The summed E-state index contributed by atoms with van der Waals surface area (Å²) in [6, 6.07) is 8.05. The Kier molecular flexibility index (Phi) is 6.97. The lowest BCUT2D eigenvalue weighted by molar-refractivity contribution is -0.137. The minimum atomic E-state index is -4.68. The fourth-order valence-corrected chi connectivity index (χ4v) is 3.56. The summed E-state index contributed by atoms with van der Waals surface area (Å²) >= 11 is 11.7. The number of likely N-dealkylation sites (N-methyl/N-ethyl adjacent to an activating group) is 1. The Labute approximate surface area is 170 Å². The third-order valence-electron chi connectivity index (χ3n) is 3.71. The zero-order chi connectivity index (χ0) is 21.1. The Bertz CT molecular complexity index is 982. The number of hydrogen-bond donors (Lipinski definition) is 1. The number of nitrogens with zero attached hydrogens (tertiary/aromatic N) is 1. The van der Waals surface area contributed by atoms with E-state index in [9.17, 15) is 26.4 Å². The first-order valence-corrected chi connectivity index (χ1v) is 9.99. The molecular formula is C17H15Cl2F3N2O3S. The SMILES string of the molecule is CN(Cc1ccc(Cl)c(Cl)c1)C(=O)CNS(=O)(=O)c1cccc(C(F)(F)F)c1. The van der Waals surface area contributed by atoms with E-state index in [0.717, 1.165) is 18.2 Å². The van der Waals surface area contributed by atoms with Crippen molar-refractivity contribution in [2.75, 3.05) is 13.6 Å². The molecule has 0 spiro atoms. The van der Waals surface area contributed by atoms with Crippen molar-refractivity contribution in [2.24, 2.45) is 0 Å². The number of nitrogens with one attached hydrogen (secondary N) is 1. The van der Waals surface area contributed by atoms with Crippen LogP contribution < -0.4 is 4.72 Å². The number of benzene rings is 2. The summed E-state index contributed by atoms with van der Waals surface area (Å²) in [6.07, 6.45) is -4.68. The first-order chi connectivity index (χ1) is 12.9.